The maximum absolute atomic E-state index is 12.1. The highest BCUT2D eigenvalue weighted by atomic mass is 32.1. The first-order chi connectivity index (χ1) is 12.7. The molecule has 2 N–H and O–H groups in total. The number of carbonyl (C=O) groups is 1. The van der Waals surface area contributed by atoms with Gasteiger partial charge in [0.1, 0.15) is 4.88 Å². The molecule has 0 fully saturated rings. The van der Waals surface area contributed by atoms with E-state index in [9.17, 15) is 4.79 Å². The lowest BCUT2D eigenvalue weighted by Gasteiger charge is -2.15. The van der Waals surface area contributed by atoms with Crippen molar-refractivity contribution in [3.05, 3.63) is 94.9 Å². The lowest BCUT2D eigenvalue weighted by atomic mass is 9.88. The third-order valence-electron chi connectivity index (χ3n) is 4.80. The van der Waals surface area contributed by atoms with E-state index in [4.69, 9.17) is 5.73 Å². The molecule has 1 amide bonds. The lowest BCUT2D eigenvalue weighted by Crippen LogP contribution is -2.10. The van der Waals surface area contributed by atoms with Gasteiger partial charge in [0.25, 0.3) is 5.91 Å². The minimum absolute atomic E-state index is 0.220. The molecule has 1 aromatic heterocycles. The van der Waals surface area contributed by atoms with E-state index in [0.29, 0.717) is 4.88 Å². The molecule has 3 heteroatoms. The van der Waals surface area contributed by atoms with Crippen LogP contribution in [0.3, 0.4) is 0 Å². The Labute approximate surface area is 156 Å². The van der Waals surface area contributed by atoms with Gasteiger partial charge in [-0.1, -0.05) is 79.7 Å². The summed E-state index contributed by atoms with van der Waals surface area (Å²) < 4.78 is 1.10. The maximum Gasteiger partial charge on any atom is 0.259 e. The number of thiophene rings is 1. The Bertz CT molecular complexity index is 1070. The Hall–Kier alpha value is -2.91. The van der Waals surface area contributed by atoms with E-state index in [1.165, 1.54) is 22.5 Å². The highest BCUT2D eigenvalue weighted by molar-refractivity contribution is 7.21. The second-order valence-corrected chi connectivity index (χ2v) is 7.44. The van der Waals surface area contributed by atoms with Gasteiger partial charge in [-0.05, 0) is 22.8 Å². The molecule has 0 aliphatic rings. The fourth-order valence-corrected chi connectivity index (χ4v) is 4.62. The quantitative estimate of drug-likeness (QED) is 0.491. The van der Waals surface area contributed by atoms with Gasteiger partial charge in [-0.25, -0.2) is 0 Å². The number of primary amides is 1. The number of fused-ring (bicyclic) bond motifs is 1. The minimum Gasteiger partial charge on any atom is -0.365 e. The summed E-state index contributed by atoms with van der Waals surface area (Å²) in [6.45, 7) is 2.21. The molecule has 1 unspecified atom stereocenters. The highest BCUT2D eigenvalue weighted by Gasteiger charge is 2.22. The molecule has 0 radical (unpaired) electrons. The zero-order chi connectivity index (χ0) is 18.1. The van der Waals surface area contributed by atoms with E-state index in [0.717, 1.165) is 21.2 Å². The summed E-state index contributed by atoms with van der Waals surface area (Å²) in [7, 11) is 0. The molecule has 1 atom stereocenters. The summed E-state index contributed by atoms with van der Waals surface area (Å²) in [5.41, 5.74) is 10.2. The van der Waals surface area contributed by atoms with Crippen molar-refractivity contribution in [1.82, 2.24) is 0 Å². The Balaban J connectivity index is 2.03. The summed E-state index contributed by atoms with van der Waals surface area (Å²) in [4.78, 5) is 12.8. The van der Waals surface area contributed by atoms with Crippen LogP contribution in [-0.4, -0.2) is 5.91 Å². The third-order valence-corrected chi connectivity index (χ3v) is 5.97. The molecule has 0 aliphatic carbocycles. The van der Waals surface area contributed by atoms with Gasteiger partial charge in [0, 0.05) is 21.6 Å². The van der Waals surface area contributed by atoms with Crippen molar-refractivity contribution < 1.29 is 4.79 Å². The molecule has 0 aliphatic heterocycles. The molecule has 0 spiro atoms. The first-order valence-corrected chi connectivity index (χ1v) is 9.44. The molecule has 2 nitrogen and oxygen atoms in total. The SMILES string of the molecule is CC(c1ccccc1)c1cccc2sc(C(N)=O)c(-c3ccccc3)c12. The number of nitrogens with two attached hydrogens (primary N) is 1. The van der Waals surface area contributed by atoms with Crippen molar-refractivity contribution in [2.24, 2.45) is 5.73 Å². The summed E-state index contributed by atoms with van der Waals surface area (Å²) in [6, 6.07) is 26.8. The Morgan fingerprint density at radius 1 is 0.885 bits per heavy atom. The van der Waals surface area contributed by atoms with Crippen LogP contribution in [0.25, 0.3) is 21.2 Å². The first kappa shape index (κ1) is 16.6. The van der Waals surface area contributed by atoms with E-state index < -0.39 is 0 Å². The first-order valence-electron chi connectivity index (χ1n) is 8.62. The summed E-state index contributed by atoms with van der Waals surface area (Å²) >= 11 is 1.48. The monoisotopic (exact) mass is 357 g/mol. The van der Waals surface area contributed by atoms with Crippen LogP contribution in [0.1, 0.15) is 33.6 Å². The van der Waals surface area contributed by atoms with E-state index in [1.807, 2.05) is 36.4 Å². The zero-order valence-electron chi connectivity index (χ0n) is 14.5. The summed E-state index contributed by atoms with van der Waals surface area (Å²) in [5, 5.41) is 1.13. The van der Waals surface area contributed by atoms with Crippen LogP contribution < -0.4 is 5.73 Å². The van der Waals surface area contributed by atoms with Gasteiger partial charge in [0.2, 0.25) is 0 Å². The molecule has 0 saturated carbocycles. The van der Waals surface area contributed by atoms with Gasteiger partial charge in [-0.2, -0.15) is 0 Å². The van der Waals surface area contributed by atoms with E-state index in [1.54, 1.807) is 0 Å². The minimum atomic E-state index is -0.372. The number of benzene rings is 3. The number of amides is 1. The largest absolute Gasteiger partial charge is 0.365 e. The fraction of sp³-hybridized carbons (Fsp3) is 0.0870. The Morgan fingerprint density at radius 3 is 2.19 bits per heavy atom. The Kier molecular flexibility index (Phi) is 4.31. The summed E-state index contributed by atoms with van der Waals surface area (Å²) in [5.74, 6) is -0.152. The predicted molar refractivity (Wildman–Crippen MR) is 110 cm³/mol. The molecule has 0 bridgehead atoms. The predicted octanol–water partition coefficient (Wildman–Crippen LogP) is 5.82. The van der Waals surface area contributed by atoms with Crippen LogP contribution in [0.2, 0.25) is 0 Å². The van der Waals surface area contributed by atoms with Crippen molar-refractivity contribution in [3.8, 4) is 11.1 Å². The molecule has 0 saturated heterocycles. The maximum atomic E-state index is 12.1. The molecule has 3 aromatic carbocycles. The third kappa shape index (κ3) is 2.80. The smallest absolute Gasteiger partial charge is 0.259 e. The van der Waals surface area contributed by atoms with Crippen molar-refractivity contribution in [1.29, 1.82) is 0 Å². The van der Waals surface area contributed by atoms with Crippen LogP contribution in [0, 0.1) is 0 Å². The van der Waals surface area contributed by atoms with Crippen LogP contribution >= 0.6 is 11.3 Å². The number of hydrogen-bond acceptors (Lipinski definition) is 2. The fourth-order valence-electron chi connectivity index (χ4n) is 3.51. The van der Waals surface area contributed by atoms with Crippen LogP contribution in [0.15, 0.2) is 78.9 Å². The van der Waals surface area contributed by atoms with Crippen molar-refractivity contribution >= 4 is 27.3 Å². The number of carbonyl (C=O) groups excluding carboxylic acids is 1. The lowest BCUT2D eigenvalue weighted by molar-refractivity contribution is 0.100. The average molecular weight is 357 g/mol. The molecular weight excluding hydrogens is 338 g/mol. The van der Waals surface area contributed by atoms with Gasteiger partial charge in [0.15, 0.2) is 0 Å². The van der Waals surface area contributed by atoms with E-state index in [2.05, 4.69) is 49.4 Å². The van der Waals surface area contributed by atoms with Gasteiger partial charge in [0.05, 0.1) is 0 Å². The molecular formula is C23H19NOS. The molecule has 26 heavy (non-hydrogen) atoms. The standard InChI is InChI=1S/C23H19NOS/c1-15(16-9-4-2-5-10-16)18-13-8-14-19-21(18)20(22(26-19)23(24)25)17-11-6-3-7-12-17/h2-15H,1H3,(H2,24,25). The van der Waals surface area contributed by atoms with Crippen molar-refractivity contribution in [2.45, 2.75) is 12.8 Å². The van der Waals surface area contributed by atoms with E-state index in [-0.39, 0.29) is 11.8 Å². The normalized spacial score (nSPS) is 12.2. The van der Waals surface area contributed by atoms with Crippen LogP contribution in [0.4, 0.5) is 0 Å². The molecule has 1 heterocycles. The van der Waals surface area contributed by atoms with Crippen molar-refractivity contribution in [3.63, 3.8) is 0 Å². The zero-order valence-corrected chi connectivity index (χ0v) is 15.3. The highest BCUT2D eigenvalue weighted by Crippen LogP contribution is 2.43. The topological polar surface area (TPSA) is 43.1 Å². The van der Waals surface area contributed by atoms with Gasteiger partial charge >= 0.3 is 0 Å². The van der Waals surface area contributed by atoms with Gasteiger partial charge in [-0.3, -0.25) is 4.79 Å². The van der Waals surface area contributed by atoms with E-state index >= 15 is 0 Å². The van der Waals surface area contributed by atoms with Gasteiger partial charge < -0.3 is 5.73 Å². The number of rotatable bonds is 4. The number of hydrogen-bond donors (Lipinski definition) is 1. The van der Waals surface area contributed by atoms with Gasteiger partial charge in [-0.15, -0.1) is 11.3 Å². The second-order valence-electron chi connectivity index (χ2n) is 6.39. The molecule has 4 aromatic rings. The van der Waals surface area contributed by atoms with Crippen LogP contribution in [-0.2, 0) is 0 Å². The summed E-state index contributed by atoms with van der Waals surface area (Å²) in [6.07, 6.45) is 0. The van der Waals surface area contributed by atoms with Crippen LogP contribution in [0.5, 0.6) is 0 Å². The molecule has 128 valence electrons. The molecule has 4 rings (SSSR count). The second kappa shape index (κ2) is 6.77. The average Bonchev–Trinajstić information content (AvgIpc) is 3.09. The Morgan fingerprint density at radius 2 is 1.54 bits per heavy atom. The van der Waals surface area contributed by atoms with Crippen molar-refractivity contribution in [2.75, 3.05) is 0 Å².